The van der Waals surface area contributed by atoms with Crippen molar-refractivity contribution in [3.05, 3.63) is 70.7 Å². The van der Waals surface area contributed by atoms with Crippen LogP contribution in [0.25, 0.3) is 0 Å². The molecule has 1 aliphatic heterocycles. The Morgan fingerprint density at radius 2 is 1.75 bits per heavy atom. The van der Waals surface area contributed by atoms with Crippen LogP contribution in [0, 0.1) is 0 Å². The largest absolute Gasteiger partial charge is 0.393 e. The predicted octanol–water partition coefficient (Wildman–Crippen LogP) is 3.85. The van der Waals surface area contributed by atoms with Gasteiger partial charge in [0.2, 0.25) is 5.91 Å². The molecular weight excluding hydrogens is 322 g/mol. The van der Waals surface area contributed by atoms with Crippen LogP contribution in [0.15, 0.2) is 54.6 Å². The van der Waals surface area contributed by atoms with E-state index in [1.807, 2.05) is 47.4 Å². The third-order valence-electron chi connectivity index (χ3n) is 4.65. The van der Waals surface area contributed by atoms with Crippen molar-refractivity contribution in [2.45, 2.75) is 31.3 Å². The summed E-state index contributed by atoms with van der Waals surface area (Å²) in [6, 6.07) is 17.8. The zero-order valence-electron chi connectivity index (χ0n) is 13.6. The highest BCUT2D eigenvalue weighted by Crippen LogP contribution is 2.30. The number of piperidine rings is 1. The SMILES string of the molecule is O=C(C[C@@H](c1ccccc1)c1cccc(Cl)c1)N1CCC(O)CC1. The van der Waals surface area contributed by atoms with Crippen molar-refractivity contribution in [3.63, 3.8) is 0 Å². The lowest BCUT2D eigenvalue weighted by Crippen LogP contribution is -2.40. The van der Waals surface area contributed by atoms with Crippen LogP contribution in [0.1, 0.15) is 36.3 Å². The van der Waals surface area contributed by atoms with E-state index in [4.69, 9.17) is 11.6 Å². The average Bonchev–Trinajstić information content (AvgIpc) is 2.61. The second-order valence-corrected chi connectivity index (χ2v) is 6.77. The summed E-state index contributed by atoms with van der Waals surface area (Å²) in [5, 5.41) is 10.3. The van der Waals surface area contributed by atoms with E-state index in [-0.39, 0.29) is 17.9 Å². The lowest BCUT2D eigenvalue weighted by atomic mass is 9.88. The minimum atomic E-state index is -0.271. The van der Waals surface area contributed by atoms with E-state index in [1.165, 1.54) is 0 Å². The van der Waals surface area contributed by atoms with Crippen LogP contribution in [0.4, 0.5) is 0 Å². The standard InChI is InChI=1S/C20H22ClNO2/c21-17-8-4-7-16(13-17)19(15-5-2-1-3-6-15)14-20(24)22-11-9-18(23)10-12-22/h1-8,13,18-19,23H,9-12,14H2/t19-/m0/s1. The Morgan fingerprint density at radius 1 is 1.08 bits per heavy atom. The van der Waals surface area contributed by atoms with Gasteiger partial charge >= 0.3 is 0 Å². The van der Waals surface area contributed by atoms with Crippen molar-refractivity contribution in [1.29, 1.82) is 0 Å². The van der Waals surface area contributed by atoms with Gasteiger partial charge in [-0.05, 0) is 36.1 Å². The fourth-order valence-corrected chi connectivity index (χ4v) is 3.45. The van der Waals surface area contributed by atoms with Crippen LogP contribution >= 0.6 is 11.6 Å². The van der Waals surface area contributed by atoms with Gasteiger partial charge in [-0.3, -0.25) is 4.79 Å². The normalized spacial score (nSPS) is 16.8. The molecule has 24 heavy (non-hydrogen) atoms. The van der Waals surface area contributed by atoms with Crippen molar-refractivity contribution >= 4 is 17.5 Å². The number of hydrogen-bond donors (Lipinski definition) is 1. The third kappa shape index (κ3) is 4.16. The zero-order valence-corrected chi connectivity index (χ0v) is 14.3. The highest BCUT2D eigenvalue weighted by atomic mass is 35.5. The summed E-state index contributed by atoms with van der Waals surface area (Å²) < 4.78 is 0. The molecule has 0 aromatic heterocycles. The van der Waals surface area contributed by atoms with Crippen molar-refractivity contribution in [1.82, 2.24) is 4.90 Å². The quantitative estimate of drug-likeness (QED) is 0.916. The number of nitrogens with zero attached hydrogens (tertiary/aromatic N) is 1. The number of amides is 1. The molecule has 1 aliphatic rings. The lowest BCUT2D eigenvalue weighted by molar-refractivity contribution is -0.133. The second kappa shape index (κ2) is 7.82. The molecule has 2 aromatic carbocycles. The number of likely N-dealkylation sites (tertiary alicyclic amines) is 1. The molecule has 0 aliphatic carbocycles. The minimum absolute atomic E-state index is 0.00995. The molecule has 1 heterocycles. The van der Waals surface area contributed by atoms with Crippen LogP contribution < -0.4 is 0 Å². The summed E-state index contributed by atoms with van der Waals surface area (Å²) in [4.78, 5) is 14.6. The van der Waals surface area contributed by atoms with Gasteiger partial charge in [-0.2, -0.15) is 0 Å². The molecule has 4 heteroatoms. The second-order valence-electron chi connectivity index (χ2n) is 6.33. The van der Waals surface area contributed by atoms with E-state index in [2.05, 4.69) is 12.1 Å². The summed E-state index contributed by atoms with van der Waals surface area (Å²) in [6.07, 6.45) is 1.48. The maximum atomic E-state index is 12.8. The molecule has 3 nitrogen and oxygen atoms in total. The number of hydrogen-bond acceptors (Lipinski definition) is 2. The van der Waals surface area contributed by atoms with Gasteiger partial charge in [0, 0.05) is 30.5 Å². The third-order valence-corrected chi connectivity index (χ3v) is 4.88. The first kappa shape index (κ1) is 17.0. The summed E-state index contributed by atoms with van der Waals surface area (Å²) >= 11 is 6.15. The molecule has 126 valence electrons. The summed E-state index contributed by atoms with van der Waals surface area (Å²) in [5.74, 6) is 0.125. The van der Waals surface area contributed by atoms with Gasteiger partial charge in [0.05, 0.1) is 6.10 Å². The summed E-state index contributed by atoms with van der Waals surface area (Å²) in [6.45, 7) is 1.27. The fraction of sp³-hybridized carbons (Fsp3) is 0.350. The Hall–Kier alpha value is -1.84. The van der Waals surface area contributed by atoms with E-state index >= 15 is 0 Å². The molecule has 1 atom stereocenters. The van der Waals surface area contributed by atoms with E-state index < -0.39 is 0 Å². The molecule has 0 bridgehead atoms. The van der Waals surface area contributed by atoms with Gasteiger partial charge in [-0.15, -0.1) is 0 Å². The van der Waals surface area contributed by atoms with E-state index in [0.29, 0.717) is 37.4 Å². The summed E-state index contributed by atoms with van der Waals surface area (Å²) in [5.41, 5.74) is 2.17. The average molecular weight is 344 g/mol. The van der Waals surface area contributed by atoms with Crippen LogP contribution in [0.3, 0.4) is 0 Å². The van der Waals surface area contributed by atoms with Gasteiger partial charge in [0.15, 0.2) is 0 Å². The van der Waals surface area contributed by atoms with Crippen LogP contribution in [-0.4, -0.2) is 35.1 Å². The number of aliphatic hydroxyl groups is 1. The van der Waals surface area contributed by atoms with Crippen LogP contribution in [-0.2, 0) is 4.79 Å². The maximum absolute atomic E-state index is 12.8. The van der Waals surface area contributed by atoms with Crippen LogP contribution in [0.2, 0.25) is 5.02 Å². The van der Waals surface area contributed by atoms with Gasteiger partial charge in [-0.25, -0.2) is 0 Å². The van der Waals surface area contributed by atoms with Gasteiger partial charge in [0.25, 0.3) is 0 Å². The lowest BCUT2D eigenvalue weighted by Gasteiger charge is -2.31. The van der Waals surface area contributed by atoms with E-state index in [1.54, 1.807) is 0 Å². The Morgan fingerprint density at radius 3 is 2.42 bits per heavy atom. The molecule has 1 fully saturated rings. The van der Waals surface area contributed by atoms with E-state index in [9.17, 15) is 9.90 Å². The minimum Gasteiger partial charge on any atom is -0.393 e. The first-order valence-corrected chi connectivity index (χ1v) is 8.77. The fourth-order valence-electron chi connectivity index (χ4n) is 3.26. The number of carbonyl (C=O) groups excluding carboxylic acids is 1. The van der Waals surface area contributed by atoms with E-state index in [0.717, 1.165) is 11.1 Å². The van der Waals surface area contributed by atoms with Gasteiger partial charge in [-0.1, -0.05) is 54.1 Å². The van der Waals surface area contributed by atoms with Crippen LogP contribution in [0.5, 0.6) is 0 Å². The molecule has 1 amide bonds. The number of aliphatic hydroxyl groups excluding tert-OH is 1. The maximum Gasteiger partial charge on any atom is 0.223 e. The molecule has 0 unspecified atom stereocenters. The predicted molar refractivity (Wildman–Crippen MR) is 96.2 cm³/mol. The topological polar surface area (TPSA) is 40.5 Å². The Bertz CT molecular complexity index is 681. The smallest absolute Gasteiger partial charge is 0.223 e. The summed E-state index contributed by atoms with van der Waals surface area (Å²) in [7, 11) is 0. The molecular formula is C20H22ClNO2. The molecule has 3 rings (SSSR count). The Kier molecular flexibility index (Phi) is 5.54. The van der Waals surface area contributed by atoms with Crippen molar-refractivity contribution in [2.75, 3.05) is 13.1 Å². The highest BCUT2D eigenvalue weighted by Gasteiger charge is 2.25. The Labute approximate surface area is 147 Å². The first-order chi connectivity index (χ1) is 11.6. The number of halogens is 1. The molecule has 1 N–H and O–H groups in total. The first-order valence-electron chi connectivity index (χ1n) is 8.40. The molecule has 0 saturated carbocycles. The molecule has 2 aromatic rings. The Balaban J connectivity index is 1.81. The van der Waals surface area contributed by atoms with Gasteiger partial charge < -0.3 is 10.0 Å². The highest BCUT2D eigenvalue weighted by molar-refractivity contribution is 6.30. The van der Waals surface area contributed by atoms with Gasteiger partial charge in [0.1, 0.15) is 0 Å². The zero-order chi connectivity index (χ0) is 16.9. The number of rotatable bonds is 4. The number of benzene rings is 2. The number of carbonyl (C=O) groups is 1. The molecule has 0 spiro atoms. The van der Waals surface area contributed by atoms with Crippen molar-refractivity contribution in [2.24, 2.45) is 0 Å². The monoisotopic (exact) mass is 343 g/mol. The van der Waals surface area contributed by atoms with Crippen molar-refractivity contribution < 1.29 is 9.90 Å². The molecule has 1 saturated heterocycles. The molecule has 0 radical (unpaired) electrons. The van der Waals surface area contributed by atoms with Crippen molar-refractivity contribution in [3.8, 4) is 0 Å².